The summed E-state index contributed by atoms with van der Waals surface area (Å²) in [6, 6.07) is 6.26. The van der Waals surface area contributed by atoms with Crippen molar-refractivity contribution in [3.8, 4) is 18.1 Å². The van der Waals surface area contributed by atoms with Gasteiger partial charge in [-0.2, -0.15) is 0 Å². The minimum atomic E-state index is -0.698. The smallest absolute Gasteiger partial charge is 0.322 e. The third-order valence-electron chi connectivity index (χ3n) is 2.64. The van der Waals surface area contributed by atoms with E-state index >= 15 is 0 Å². The molecule has 0 spiro atoms. The van der Waals surface area contributed by atoms with E-state index in [1.54, 1.807) is 24.3 Å². The molecule has 0 aliphatic heterocycles. The van der Waals surface area contributed by atoms with E-state index in [9.17, 15) is 9.59 Å². The van der Waals surface area contributed by atoms with Crippen molar-refractivity contribution in [3.05, 3.63) is 29.8 Å². The van der Waals surface area contributed by atoms with Crippen LogP contribution in [-0.4, -0.2) is 38.2 Å². The Morgan fingerprint density at radius 1 is 1.38 bits per heavy atom. The molecule has 0 bridgehead atoms. The first-order chi connectivity index (χ1) is 10.1. The average molecular weight is 290 g/mol. The Labute approximate surface area is 123 Å². The van der Waals surface area contributed by atoms with E-state index in [2.05, 4.69) is 16.0 Å². The number of carbonyl (C=O) groups is 2. The summed E-state index contributed by atoms with van der Waals surface area (Å²) in [7, 11) is 1.30. The number of ether oxygens (including phenoxy) is 2. The molecule has 0 radical (unpaired) electrons. The summed E-state index contributed by atoms with van der Waals surface area (Å²) in [5, 5.41) is 2.49. The number of nitrogens with two attached hydrogens (primary N) is 1. The highest BCUT2D eigenvalue weighted by molar-refractivity contribution is 5.77. The highest BCUT2D eigenvalue weighted by Crippen LogP contribution is 2.13. The molecule has 1 aromatic carbocycles. The van der Waals surface area contributed by atoms with Crippen LogP contribution in [0.1, 0.15) is 5.56 Å². The molecule has 1 amide bonds. The Hall–Kier alpha value is -2.52. The van der Waals surface area contributed by atoms with Crippen LogP contribution in [0.3, 0.4) is 0 Å². The zero-order valence-corrected chi connectivity index (χ0v) is 11.8. The first kappa shape index (κ1) is 16.5. The van der Waals surface area contributed by atoms with Gasteiger partial charge in [0.2, 0.25) is 0 Å². The van der Waals surface area contributed by atoms with Gasteiger partial charge in [0.1, 0.15) is 11.8 Å². The van der Waals surface area contributed by atoms with Crippen molar-refractivity contribution in [1.82, 2.24) is 5.32 Å². The van der Waals surface area contributed by atoms with Gasteiger partial charge < -0.3 is 20.5 Å². The summed E-state index contributed by atoms with van der Waals surface area (Å²) in [5.74, 6) is 2.10. The Morgan fingerprint density at radius 3 is 2.62 bits per heavy atom. The maximum Gasteiger partial charge on any atom is 0.322 e. The summed E-state index contributed by atoms with van der Waals surface area (Å²) in [6.07, 6.45) is 5.39. The fraction of sp³-hybridized carbons (Fsp3) is 0.333. The summed E-state index contributed by atoms with van der Waals surface area (Å²) < 4.78 is 9.85. The van der Waals surface area contributed by atoms with Gasteiger partial charge in [0.15, 0.2) is 6.61 Å². The molecule has 1 unspecified atom stereocenters. The number of terminal acetylenes is 1. The maximum atomic E-state index is 11.3. The van der Waals surface area contributed by atoms with E-state index in [0.29, 0.717) is 12.2 Å². The van der Waals surface area contributed by atoms with E-state index in [1.165, 1.54) is 7.11 Å². The molecule has 0 aliphatic carbocycles. The van der Waals surface area contributed by atoms with E-state index in [0.717, 1.165) is 5.56 Å². The zero-order valence-electron chi connectivity index (χ0n) is 11.8. The molecule has 0 heterocycles. The lowest BCUT2D eigenvalue weighted by Gasteiger charge is -2.10. The monoisotopic (exact) mass is 290 g/mol. The molecule has 0 saturated heterocycles. The highest BCUT2D eigenvalue weighted by Gasteiger charge is 2.14. The lowest BCUT2D eigenvalue weighted by Crippen LogP contribution is -2.33. The maximum absolute atomic E-state index is 11.3. The average Bonchev–Trinajstić information content (AvgIpc) is 2.51. The number of rotatable bonds is 7. The molecule has 6 nitrogen and oxygen atoms in total. The van der Waals surface area contributed by atoms with Crippen molar-refractivity contribution in [2.24, 2.45) is 5.73 Å². The summed E-state index contributed by atoms with van der Waals surface area (Å²) in [4.78, 5) is 22.5. The predicted octanol–water partition coefficient (Wildman–Crippen LogP) is -0.142. The van der Waals surface area contributed by atoms with Crippen LogP contribution >= 0.6 is 0 Å². The van der Waals surface area contributed by atoms with Crippen LogP contribution in [0.5, 0.6) is 5.75 Å². The fourth-order valence-corrected chi connectivity index (χ4v) is 1.56. The van der Waals surface area contributed by atoms with E-state index in [1.807, 2.05) is 0 Å². The molecule has 0 aliphatic rings. The quantitative estimate of drug-likeness (QED) is 0.539. The largest absolute Gasteiger partial charge is 0.484 e. The van der Waals surface area contributed by atoms with Gasteiger partial charge in [-0.15, -0.1) is 6.42 Å². The molecular weight excluding hydrogens is 272 g/mol. The van der Waals surface area contributed by atoms with Crippen LogP contribution in [0.2, 0.25) is 0 Å². The van der Waals surface area contributed by atoms with Crippen LogP contribution in [0, 0.1) is 12.3 Å². The van der Waals surface area contributed by atoms with Crippen molar-refractivity contribution >= 4 is 11.9 Å². The highest BCUT2D eigenvalue weighted by atomic mass is 16.5. The zero-order chi connectivity index (χ0) is 15.7. The third-order valence-corrected chi connectivity index (χ3v) is 2.64. The van der Waals surface area contributed by atoms with Gasteiger partial charge in [0, 0.05) is 0 Å². The standard InChI is InChI=1S/C15H18N2O4/c1-3-8-17-14(18)10-21-12-6-4-11(5-7-12)9-13(16)15(19)20-2/h1,4-7,13H,8-10,16H2,2H3,(H,17,18). The second kappa shape index (κ2) is 8.61. The van der Waals surface area contributed by atoms with Crippen molar-refractivity contribution in [3.63, 3.8) is 0 Å². The van der Waals surface area contributed by atoms with Crippen molar-refractivity contribution in [1.29, 1.82) is 0 Å². The molecule has 3 N–H and O–H groups in total. The molecule has 1 rings (SSSR count). The van der Waals surface area contributed by atoms with Gasteiger partial charge in [0.05, 0.1) is 13.7 Å². The molecular formula is C15H18N2O4. The Morgan fingerprint density at radius 2 is 2.05 bits per heavy atom. The summed E-state index contributed by atoms with van der Waals surface area (Å²) in [6.45, 7) is 0.0647. The van der Waals surface area contributed by atoms with E-state index < -0.39 is 12.0 Å². The molecule has 0 saturated carbocycles. The second-order valence-corrected chi connectivity index (χ2v) is 4.25. The first-order valence-corrected chi connectivity index (χ1v) is 6.32. The van der Waals surface area contributed by atoms with Gasteiger partial charge in [0.25, 0.3) is 5.91 Å². The molecule has 0 aromatic heterocycles. The number of esters is 1. The molecule has 21 heavy (non-hydrogen) atoms. The fourth-order valence-electron chi connectivity index (χ4n) is 1.56. The topological polar surface area (TPSA) is 90.6 Å². The lowest BCUT2D eigenvalue weighted by atomic mass is 10.1. The molecule has 0 fully saturated rings. The van der Waals surface area contributed by atoms with E-state index in [4.69, 9.17) is 16.9 Å². The van der Waals surface area contributed by atoms with Crippen molar-refractivity contribution in [2.45, 2.75) is 12.5 Å². The minimum absolute atomic E-state index is 0.108. The number of hydrogen-bond acceptors (Lipinski definition) is 5. The van der Waals surface area contributed by atoms with Gasteiger partial charge >= 0.3 is 5.97 Å². The van der Waals surface area contributed by atoms with Gasteiger partial charge in [-0.25, -0.2) is 0 Å². The number of benzene rings is 1. The summed E-state index contributed by atoms with van der Waals surface area (Å²) >= 11 is 0. The lowest BCUT2D eigenvalue weighted by molar-refractivity contribution is -0.142. The van der Waals surface area contributed by atoms with Crippen LogP contribution < -0.4 is 15.8 Å². The Balaban J connectivity index is 2.45. The van der Waals surface area contributed by atoms with Gasteiger partial charge in [-0.05, 0) is 24.1 Å². The van der Waals surface area contributed by atoms with Crippen LogP contribution in [0.25, 0.3) is 0 Å². The Kier molecular flexibility index (Phi) is 6.78. The molecule has 1 aromatic rings. The normalized spacial score (nSPS) is 11.1. The number of carbonyl (C=O) groups excluding carboxylic acids is 2. The third kappa shape index (κ3) is 5.97. The molecule has 6 heteroatoms. The number of hydrogen-bond donors (Lipinski definition) is 2. The van der Waals surface area contributed by atoms with Crippen molar-refractivity contribution in [2.75, 3.05) is 20.3 Å². The predicted molar refractivity (Wildman–Crippen MR) is 77.5 cm³/mol. The van der Waals surface area contributed by atoms with E-state index in [-0.39, 0.29) is 19.1 Å². The SMILES string of the molecule is C#CCNC(=O)COc1ccc(CC(N)C(=O)OC)cc1. The molecule has 112 valence electrons. The molecule has 1 atom stereocenters. The number of methoxy groups -OCH3 is 1. The summed E-state index contributed by atoms with van der Waals surface area (Å²) in [5.41, 5.74) is 6.54. The van der Waals surface area contributed by atoms with Gasteiger partial charge in [-0.1, -0.05) is 18.1 Å². The second-order valence-electron chi connectivity index (χ2n) is 4.25. The number of amides is 1. The first-order valence-electron chi connectivity index (χ1n) is 6.32. The van der Waals surface area contributed by atoms with Crippen LogP contribution in [0.4, 0.5) is 0 Å². The van der Waals surface area contributed by atoms with Crippen LogP contribution in [0.15, 0.2) is 24.3 Å². The minimum Gasteiger partial charge on any atom is -0.484 e. The van der Waals surface area contributed by atoms with Crippen LogP contribution in [-0.2, 0) is 20.7 Å². The van der Waals surface area contributed by atoms with Gasteiger partial charge in [-0.3, -0.25) is 9.59 Å². The van der Waals surface area contributed by atoms with Crippen molar-refractivity contribution < 1.29 is 19.1 Å². The number of nitrogens with one attached hydrogen (secondary N) is 1. The Bertz CT molecular complexity index is 519.